The van der Waals surface area contributed by atoms with Crippen molar-refractivity contribution < 1.29 is 9.90 Å². The van der Waals surface area contributed by atoms with Gasteiger partial charge >= 0.3 is 5.97 Å². The Bertz CT molecular complexity index is 425. The summed E-state index contributed by atoms with van der Waals surface area (Å²) < 4.78 is 0. The van der Waals surface area contributed by atoms with E-state index in [-0.39, 0.29) is 6.42 Å². The Labute approximate surface area is 148 Å². The van der Waals surface area contributed by atoms with Crippen LogP contribution in [0.5, 0.6) is 0 Å². The molecule has 134 valence electrons. The van der Waals surface area contributed by atoms with Gasteiger partial charge in [-0.05, 0) is 44.9 Å². The van der Waals surface area contributed by atoms with Crippen molar-refractivity contribution in [3.05, 3.63) is 60.8 Å². The topological polar surface area (TPSA) is 37.3 Å². The van der Waals surface area contributed by atoms with Crippen molar-refractivity contribution in [2.24, 2.45) is 0 Å². The fourth-order valence-corrected chi connectivity index (χ4v) is 2.04. The van der Waals surface area contributed by atoms with Crippen LogP contribution in [0.2, 0.25) is 0 Å². The smallest absolute Gasteiger partial charge is 0.303 e. The molecule has 0 fully saturated rings. The molecule has 0 saturated carbocycles. The van der Waals surface area contributed by atoms with Crippen LogP contribution in [0.15, 0.2) is 60.8 Å². The van der Waals surface area contributed by atoms with E-state index in [2.05, 4.69) is 55.5 Å². The summed E-state index contributed by atoms with van der Waals surface area (Å²) in [6.45, 7) is 2.23. The molecule has 0 amide bonds. The number of unbranched alkanes of at least 4 members (excludes halogenated alkanes) is 3. The Kier molecular flexibility index (Phi) is 17.8. The predicted molar refractivity (Wildman–Crippen MR) is 105 cm³/mol. The molecule has 0 spiro atoms. The molecule has 0 bridgehead atoms. The Hall–Kier alpha value is -1.83. The summed E-state index contributed by atoms with van der Waals surface area (Å²) in [5.74, 6) is -0.739. The first-order chi connectivity index (χ1) is 11.8. The SMILES string of the molecule is CCCCC/C=C/C/C=C\C/C=C\C/C=C/C/C=C\CCC(=O)O. The summed E-state index contributed by atoms with van der Waals surface area (Å²) in [6, 6.07) is 0. The summed E-state index contributed by atoms with van der Waals surface area (Å²) in [4.78, 5) is 10.3. The molecule has 0 aromatic heterocycles. The summed E-state index contributed by atoms with van der Waals surface area (Å²) >= 11 is 0. The zero-order valence-electron chi connectivity index (χ0n) is 15.2. The maximum Gasteiger partial charge on any atom is 0.303 e. The van der Waals surface area contributed by atoms with E-state index < -0.39 is 5.97 Å². The quantitative estimate of drug-likeness (QED) is 0.265. The van der Waals surface area contributed by atoms with Crippen LogP contribution < -0.4 is 0 Å². The largest absolute Gasteiger partial charge is 0.481 e. The summed E-state index contributed by atoms with van der Waals surface area (Å²) in [7, 11) is 0. The third-order valence-corrected chi connectivity index (χ3v) is 3.42. The highest BCUT2D eigenvalue weighted by molar-refractivity contribution is 5.66. The van der Waals surface area contributed by atoms with Gasteiger partial charge in [0.25, 0.3) is 0 Å². The van der Waals surface area contributed by atoms with Gasteiger partial charge in [0, 0.05) is 6.42 Å². The third-order valence-electron chi connectivity index (χ3n) is 3.42. The first-order valence-corrected chi connectivity index (χ1v) is 9.24. The number of carboxylic acid groups (broad SMARTS) is 1. The molecule has 0 aromatic carbocycles. The molecule has 2 heteroatoms. The lowest BCUT2D eigenvalue weighted by Gasteiger charge is -1.90. The van der Waals surface area contributed by atoms with Gasteiger partial charge in [0.1, 0.15) is 0 Å². The van der Waals surface area contributed by atoms with Crippen LogP contribution in [-0.2, 0) is 4.79 Å². The van der Waals surface area contributed by atoms with E-state index in [1.54, 1.807) is 0 Å². The van der Waals surface area contributed by atoms with Crippen LogP contribution in [0.1, 0.15) is 71.1 Å². The lowest BCUT2D eigenvalue weighted by Crippen LogP contribution is -1.91. The number of hydrogen-bond donors (Lipinski definition) is 1. The van der Waals surface area contributed by atoms with Gasteiger partial charge in [0.2, 0.25) is 0 Å². The number of carboxylic acids is 1. The Balaban J connectivity index is 3.46. The van der Waals surface area contributed by atoms with Crippen molar-refractivity contribution in [2.45, 2.75) is 71.1 Å². The van der Waals surface area contributed by atoms with Gasteiger partial charge in [-0.25, -0.2) is 0 Å². The van der Waals surface area contributed by atoms with Gasteiger partial charge in [-0.15, -0.1) is 0 Å². The van der Waals surface area contributed by atoms with Crippen molar-refractivity contribution >= 4 is 5.97 Å². The molecule has 0 aliphatic heterocycles. The second-order valence-corrected chi connectivity index (χ2v) is 5.73. The maximum absolute atomic E-state index is 10.3. The molecular formula is C22H34O2. The monoisotopic (exact) mass is 330 g/mol. The zero-order chi connectivity index (χ0) is 17.7. The van der Waals surface area contributed by atoms with Gasteiger partial charge in [-0.2, -0.15) is 0 Å². The number of allylic oxidation sites excluding steroid dienone is 10. The van der Waals surface area contributed by atoms with E-state index >= 15 is 0 Å². The van der Waals surface area contributed by atoms with E-state index in [9.17, 15) is 4.79 Å². The summed E-state index contributed by atoms with van der Waals surface area (Å²) in [5, 5.41) is 8.49. The average molecular weight is 331 g/mol. The fourth-order valence-electron chi connectivity index (χ4n) is 2.04. The number of aliphatic carboxylic acids is 1. The minimum absolute atomic E-state index is 0.213. The highest BCUT2D eigenvalue weighted by Gasteiger charge is 1.90. The molecule has 0 rings (SSSR count). The van der Waals surface area contributed by atoms with Crippen LogP contribution >= 0.6 is 0 Å². The van der Waals surface area contributed by atoms with Crippen molar-refractivity contribution in [3.8, 4) is 0 Å². The standard InChI is InChI=1S/C22H34O2/c1-2-3-4-5-6-7-8-9-10-11-12-13-14-15-16-17-18-19-20-21-22(23)24/h6-7,9-10,12-13,15-16,18-19H,2-5,8,11,14,17,20-21H2,1H3,(H,23,24)/b7-6+,10-9-,13-12-,16-15+,19-18-. The number of rotatable bonds is 15. The van der Waals surface area contributed by atoms with Crippen molar-refractivity contribution in [3.63, 3.8) is 0 Å². The van der Waals surface area contributed by atoms with Crippen molar-refractivity contribution in [1.82, 2.24) is 0 Å². The molecule has 1 N–H and O–H groups in total. The van der Waals surface area contributed by atoms with Crippen molar-refractivity contribution in [2.75, 3.05) is 0 Å². The van der Waals surface area contributed by atoms with Gasteiger partial charge < -0.3 is 5.11 Å². The first kappa shape index (κ1) is 22.2. The molecule has 0 heterocycles. The highest BCUT2D eigenvalue weighted by Crippen LogP contribution is 2.01. The van der Waals surface area contributed by atoms with E-state index in [0.717, 1.165) is 25.7 Å². The molecule has 0 atom stereocenters. The molecule has 0 unspecified atom stereocenters. The van der Waals surface area contributed by atoms with Crippen molar-refractivity contribution in [1.29, 1.82) is 0 Å². The highest BCUT2D eigenvalue weighted by atomic mass is 16.4. The zero-order valence-corrected chi connectivity index (χ0v) is 15.2. The molecular weight excluding hydrogens is 296 g/mol. The molecule has 0 radical (unpaired) electrons. The molecule has 0 aliphatic rings. The normalized spacial score (nSPS) is 12.7. The lowest BCUT2D eigenvalue weighted by molar-refractivity contribution is -0.136. The minimum Gasteiger partial charge on any atom is -0.481 e. The first-order valence-electron chi connectivity index (χ1n) is 9.24. The second-order valence-electron chi connectivity index (χ2n) is 5.73. The molecule has 24 heavy (non-hydrogen) atoms. The van der Waals surface area contributed by atoms with Gasteiger partial charge in [-0.3, -0.25) is 4.79 Å². The van der Waals surface area contributed by atoms with Gasteiger partial charge in [0.15, 0.2) is 0 Å². The Morgan fingerprint density at radius 3 is 1.50 bits per heavy atom. The van der Waals surface area contributed by atoms with E-state index in [0.29, 0.717) is 6.42 Å². The van der Waals surface area contributed by atoms with Crippen LogP contribution in [0, 0.1) is 0 Å². The number of hydrogen-bond acceptors (Lipinski definition) is 1. The van der Waals surface area contributed by atoms with E-state index in [4.69, 9.17) is 5.11 Å². The summed E-state index contributed by atoms with van der Waals surface area (Å²) in [5.41, 5.74) is 0. The average Bonchev–Trinajstić information content (AvgIpc) is 2.56. The fraction of sp³-hybridized carbons (Fsp3) is 0.500. The Morgan fingerprint density at radius 1 is 0.667 bits per heavy atom. The Morgan fingerprint density at radius 2 is 1.08 bits per heavy atom. The molecule has 0 saturated heterocycles. The minimum atomic E-state index is -0.739. The van der Waals surface area contributed by atoms with E-state index in [1.165, 1.54) is 25.7 Å². The predicted octanol–water partition coefficient (Wildman–Crippen LogP) is 6.77. The molecule has 0 aliphatic carbocycles. The summed E-state index contributed by atoms with van der Waals surface area (Å²) in [6.07, 6.45) is 31.4. The lowest BCUT2D eigenvalue weighted by atomic mass is 10.2. The van der Waals surface area contributed by atoms with Crippen LogP contribution in [0.25, 0.3) is 0 Å². The van der Waals surface area contributed by atoms with E-state index in [1.807, 2.05) is 12.2 Å². The van der Waals surface area contributed by atoms with Gasteiger partial charge in [0.05, 0.1) is 0 Å². The number of carbonyl (C=O) groups is 1. The maximum atomic E-state index is 10.3. The van der Waals surface area contributed by atoms with Crippen LogP contribution in [0.3, 0.4) is 0 Å². The van der Waals surface area contributed by atoms with Gasteiger partial charge in [-0.1, -0.05) is 80.5 Å². The molecule has 0 aromatic rings. The molecule has 2 nitrogen and oxygen atoms in total. The second kappa shape index (κ2) is 19.2. The third kappa shape index (κ3) is 20.2. The van der Waals surface area contributed by atoms with Crippen LogP contribution in [0.4, 0.5) is 0 Å². The van der Waals surface area contributed by atoms with Crippen LogP contribution in [-0.4, -0.2) is 11.1 Å².